The molecule has 0 spiro atoms. The standard InChI is InChI=1S/C16H22ClNO2/c1-3-8-18-16(12-5-4-9-20-11-12)14-7-6-13(17)10-15(14)19-2/h6-7,10-11,16,18H,3-5,8-9H2,1-2H3. The van der Waals surface area contributed by atoms with Crippen LogP contribution in [0.1, 0.15) is 37.8 Å². The van der Waals surface area contributed by atoms with Crippen LogP contribution in [0.5, 0.6) is 5.75 Å². The molecule has 1 atom stereocenters. The van der Waals surface area contributed by atoms with Crippen molar-refractivity contribution in [3.8, 4) is 5.75 Å². The van der Waals surface area contributed by atoms with E-state index in [9.17, 15) is 0 Å². The lowest BCUT2D eigenvalue weighted by Gasteiger charge is -2.26. The minimum absolute atomic E-state index is 0.127. The van der Waals surface area contributed by atoms with Gasteiger partial charge in [0.05, 0.1) is 26.0 Å². The van der Waals surface area contributed by atoms with Crippen LogP contribution in [0.15, 0.2) is 30.0 Å². The van der Waals surface area contributed by atoms with Crippen LogP contribution in [0.2, 0.25) is 5.02 Å². The summed E-state index contributed by atoms with van der Waals surface area (Å²) in [7, 11) is 1.68. The van der Waals surface area contributed by atoms with Crippen molar-refractivity contribution in [1.82, 2.24) is 5.32 Å². The molecular weight excluding hydrogens is 274 g/mol. The van der Waals surface area contributed by atoms with Gasteiger partial charge in [0.1, 0.15) is 5.75 Å². The van der Waals surface area contributed by atoms with Crippen molar-refractivity contribution in [2.45, 2.75) is 32.2 Å². The Bertz CT molecular complexity index is 474. The first kappa shape index (κ1) is 15.2. The Morgan fingerprint density at radius 3 is 2.95 bits per heavy atom. The van der Waals surface area contributed by atoms with Crippen LogP contribution in [-0.4, -0.2) is 20.3 Å². The SMILES string of the molecule is CCCNC(C1=COCCC1)c1ccc(Cl)cc1OC. The van der Waals surface area contributed by atoms with E-state index < -0.39 is 0 Å². The van der Waals surface area contributed by atoms with Gasteiger partial charge in [-0.3, -0.25) is 0 Å². The van der Waals surface area contributed by atoms with Crippen LogP contribution in [0.4, 0.5) is 0 Å². The minimum atomic E-state index is 0.127. The summed E-state index contributed by atoms with van der Waals surface area (Å²) in [5, 5.41) is 4.27. The highest BCUT2D eigenvalue weighted by Crippen LogP contribution is 2.34. The van der Waals surface area contributed by atoms with E-state index in [-0.39, 0.29) is 6.04 Å². The molecule has 1 aliphatic rings. The maximum absolute atomic E-state index is 6.05. The van der Waals surface area contributed by atoms with E-state index in [4.69, 9.17) is 21.1 Å². The first-order valence-corrected chi connectivity index (χ1v) is 7.51. The Kier molecular flexibility index (Phi) is 5.74. The normalized spacial score (nSPS) is 16.2. The van der Waals surface area contributed by atoms with E-state index in [0.717, 1.165) is 43.7 Å². The first-order chi connectivity index (χ1) is 9.76. The van der Waals surface area contributed by atoms with Crippen LogP contribution >= 0.6 is 11.6 Å². The smallest absolute Gasteiger partial charge is 0.125 e. The molecule has 1 aromatic rings. The second-order valence-electron chi connectivity index (χ2n) is 4.94. The highest BCUT2D eigenvalue weighted by Gasteiger charge is 2.21. The minimum Gasteiger partial charge on any atom is -0.501 e. The van der Waals surface area contributed by atoms with Gasteiger partial charge in [0.25, 0.3) is 0 Å². The zero-order chi connectivity index (χ0) is 14.4. The summed E-state index contributed by atoms with van der Waals surface area (Å²) in [4.78, 5) is 0. The fraction of sp³-hybridized carbons (Fsp3) is 0.500. The maximum Gasteiger partial charge on any atom is 0.125 e. The largest absolute Gasteiger partial charge is 0.501 e. The van der Waals surface area contributed by atoms with Crippen LogP contribution in [0, 0.1) is 0 Å². The van der Waals surface area contributed by atoms with Gasteiger partial charge in [-0.2, -0.15) is 0 Å². The number of ether oxygens (including phenoxy) is 2. The number of methoxy groups -OCH3 is 1. The predicted molar refractivity (Wildman–Crippen MR) is 82.3 cm³/mol. The first-order valence-electron chi connectivity index (χ1n) is 7.13. The van der Waals surface area contributed by atoms with E-state index >= 15 is 0 Å². The van der Waals surface area contributed by atoms with Crippen LogP contribution in [0.25, 0.3) is 0 Å². The van der Waals surface area contributed by atoms with Gasteiger partial charge in [-0.05, 0) is 43.5 Å². The molecule has 1 heterocycles. The highest BCUT2D eigenvalue weighted by molar-refractivity contribution is 6.30. The zero-order valence-electron chi connectivity index (χ0n) is 12.1. The van der Waals surface area contributed by atoms with Gasteiger partial charge < -0.3 is 14.8 Å². The third kappa shape index (κ3) is 3.68. The van der Waals surface area contributed by atoms with Crippen molar-refractivity contribution in [2.24, 2.45) is 0 Å². The fourth-order valence-corrected chi connectivity index (χ4v) is 2.61. The lowest BCUT2D eigenvalue weighted by Crippen LogP contribution is -2.25. The number of hydrogen-bond donors (Lipinski definition) is 1. The van der Waals surface area contributed by atoms with Gasteiger partial charge in [-0.15, -0.1) is 0 Å². The molecule has 0 aromatic heterocycles. The van der Waals surface area contributed by atoms with E-state index in [2.05, 4.69) is 12.2 Å². The topological polar surface area (TPSA) is 30.5 Å². The number of halogens is 1. The van der Waals surface area contributed by atoms with Crippen molar-refractivity contribution in [1.29, 1.82) is 0 Å². The second kappa shape index (κ2) is 7.55. The van der Waals surface area contributed by atoms with Crippen molar-refractivity contribution in [3.63, 3.8) is 0 Å². The van der Waals surface area contributed by atoms with Crippen LogP contribution < -0.4 is 10.1 Å². The lowest BCUT2D eigenvalue weighted by atomic mass is 9.94. The van der Waals surface area contributed by atoms with Gasteiger partial charge >= 0.3 is 0 Å². The van der Waals surface area contributed by atoms with Crippen molar-refractivity contribution in [2.75, 3.05) is 20.3 Å². The highest BCUT2D eigenvalue weighted by atomic mass is 35.5. The Morgan fingerprint density at radius 2 is 2.30 bits per heavy atom. The maximum atomic E-state index is 6.05. The number of benzene rings is 1. The third-order valence-electron chi connectivity index (χ3n) is 3.44. The third-order valence-corrected chi connectivity index (χ3v) is 3.67. The molecular formula is C16H22ClNO2. The summed E-state index contributed by atoms with van der Waals surface area (Å²) < 4.78 is 11.0. The van der Waals surface area contributed by atoms with Crippen molar-refractivity contribution >= 4 is 11.6 Å². The molecule has 0 bridgehead atoms. The molecule has 20 heavy (non-hydrogen) atoms. The molecule has 0 fully saturated rings. The molecule has 0 aliphatic carbocycles. The van der Waals surface area contributed by atoms with Crippen LogP contribution in [-0.2, 0) is 4.74 Å². The van der Waals surface area contributed by atoms with Gasteiger partial charge in [0.15, 0.2) is 0 Å². The van der Waals surface area contributed by atoms with Crippen molar-refractivity contribution in [3.05, 3.63) is 40.6 Å². The zero-order valence-corrected chi connectivity index (χ0v) is 12.9. The Morgan fingerprint density at radius 1 is 1.45 bits per heavy atom. The average molecular weight is 296 g/mol. The molecule has 1 aliphatic heterocycles. The average Bonchev–Trinajstić information content (AvgIpc) is 2.49. The van der Waals surface area contributed by atoms with Gasteiger partial charge in [0, 0.05) is 10.6 Å². The monoisotopic (exact) mass is 295 g/mol. The quantitative estimate of drug-likeness (QED) is 0.857. The number of hydrogen-bond acceptors (Lipinski definition) is 3. The Hall–Kier alpha value is -1.19. The molecule has 1 N–H and O–H groups in total. The van der Waals surface area contributed by atoms with E-state index in [1.807, 2.05) is 24.5 Å². The van der Waals surface area contributed by atoms with Gasteiger partial charge in [-0.1, -0.05) is 24.6 Å². The molecule has 2 rings (SSSR count). The molecule has 4 heteroatoms. The predicted octanol–water partition coefficient (Wildman–Crippen LogP) is 4.08. The van der Waals surface area contributed by atoms with Gasteiger partial charge in [-0.25, -0.2) is 0 Å². The summed E-state index contributed by atoms with van der Waals surface area (Å²) in [6.45, 7) is 3.92. The van der Waals surface area contributed by atoms with Crippen molar-refractivity contribution < 1.29 is 9.47 Å². The van der Waals surface area contributed by atoms with Crippen LogP contribution in [0.3, 0.4) is 0 Å². The fourth-order valence-electron chi connectivity index (χ4n) is 2.45. The lowest BCUT2D eigenvalue weighted by molar-refractivity contribution is 0.219. The second-order valence-corrected chi connectivity index (χ2v) is 5.38. The Labute approximate surface area is 125 Å². The van der Waals surface area contributed by atoms with E-state index in [0.29, 0.717) is 5.02 Å². The number of rotatable bonds is 6. The summed E-state index contributed by atoms with van der Waals surface area (Å²) >= 11 is 6.05. The summed E-state index contributed by atoms with van der Waals surface area (Å²) in [5.41, 5.74) is 2.38. The summed E-state index contributed by atoms with van der Waals surface area (Å²) in [6, 6.07) is 5.93. The molecule has 0 saturated heterocycles. The molecule has 3 nitrogen and oxygen atoms in total. The summed E-state index contributed by atoms with van der Waals surface area (Å²) in [5.74, 6) is 0.817. The number of nitrogens with one attached hydrogen (secondary N) is 1. The summed E-state index contributed by atoms with van der Waals surface area (Å²) in [6.07, 6.45) is 5.09. The molecule has 1 aromatic carbocycles. The molecule has 1 unspecified atom stereocenters. The van der Waals surface area contributed by atoms with E-state index in [1.54, 1.807) is 7.11 Å². The molecule has 0 radical (unpaired) electrons. The Balaban J connectivity index is 2.32. The molecule has 110 valence electrons. The molecule has 0 amide bonds. The molecule has 0 saturated carbocycles. The van der Waals surface area contributed by atoms with Gasteiger partial charge in [0.2, 0.25) is 0 Å². The van der Waals surface area contributed by atoms with E-state index in [1.165, 1.54) is 5.57 Å².